The summed E-state index contributed by atoms with van der Waals surface area (Å²) in [4.78, 5) is 11.9. The van der Waals surface area contributed by atoms with Crippen LogP contribution in [0, 0.1) is 0 Å². The van der Waals surface area contributed by atoms with Crippen LogP contribution in [0.25, 0.3) is 33.6 Å². The Morgan fingerprint density at radius 1 is 0.711 bits per heavy atom. The summed E-state index contributed by atoms with van der Waals surface area (Å²) in [7, 11) is 0. The SMILES string of the molecule is CCOC(=O)CCCCC[n+]1c2c(c(-c3ccccc3)c3c1-c1ccccc1CC3)CCc1ccccc1-2. The number of carbonyl (C=O) groups excluding carboxylic acids is 1. The fourth-order valence-corrected chi connectivity index (χ4v) is 6.54. The van der Waals surface area contributed by atoms with Crippen molar-refractivity contribution in [3.05, 3.63) is 101 Å². The van der Waals surface area contributed by atoms with Gasteiger partial charge in [0.2, 0.25) is 11.4 Å². The third-order valence-electron chi connectivity index (χ3n) is 8.18. The maximum Gasteiger partial charge on any atom is 0.305 e. The average Bonchev–Trinajstić information content (AvgIpc) is 2.96. The lowest BCUT2D eigenvalue weighted by Gasteiger charge is -2.28. The largest absolute Gasteiger partial charge is 0.466 e. The average molecular weight is 503 g/mol. The summed E-state index contributed by atoms with van der Waals surface area (Å²) in [6.07, 6.45) is 7.72. The molecule has 0 aliphatic heterocycles. The lowest BCUT2D eigenvalue weighted by atomic mass is 9.77. The van der Waals surface area contributed by atoms with E-state index in [2.05, 4.69) is 83.4 Å². The number of carbonyl (C=O) groups is 1. The summed E-state index contributed by atoms with van der Waals surface area (Å²) < 4.78 is 7.79. The minimum atomic E-state index is -0.0787. The van der Waals surface area contributed by atoms with E-state index in [4.69, 9.17) is 4.74 Å². The molecular weight excluding hydrogens is 466 g/mol. The fourth-order valence-electron chi connectivity index (χ4n) is 6.54. The Kier molecular flexibility index (Phi) is 7.09. The van der Waals surface area contributed by atoms with E-state index in [9.17, 15) is 4.79 Å². The lowest BCUT2D eigenvalue weighted by molar-refractivity contribution is -0.676. The van der Waals surface area contributed by atoms with Gasteiger partial charge in [-0.1, -0.05) is 66.7 Å². The molecule has 0 fully saturated rings. The van der Waals surface area contributed by atoms with Crippen LogP contribution >= 0.6 is 0 Å². The molecule has 2 aliphatic carbocycles. The molecule has 4 aromatic rings. The molecule has 1 aromatic heterocycles. The molecule has 0 N–H and O–H groups in total. The van der Waals surface area contributed by atoms with E-state index >= 15 is 0 Å². The fraction of sp³-hybridized carbons (Fsp3) is 0.314. The monoisotopic (exact) mass is 502 g/mol. The standard InChI is InChI=1S/C35H36NO2/c1-2-38-32(37)19-7-4-12-24-36-34-28-17-10-8-13-25(28)20-22-30(34)33(27-15-5-3-6-16-27)31-23-21-26-14-9-11-18-29(26)35(31)36/h3,5-6,8-11,13-18H,2,4,7,12,19-24H2,1H3/q+1. The molecule has 1 heterocycles. The second kappa shape index (κ2) is 10.9. The number of unbranched alkanes of at least 4 members (excludes halogenated alkanes) is 2. The predicted octanol–water partition coefficient (Wildman–Crippen LogP) is 7.30. The van der Waals surface area contributed by atoms with Gasteiger partial charge < -0.3 is 4.74 Å². The van der Waals surface area contributed by atoms with Gasteiger partial charge in [-0.15, -0.1) is 0 Å². The van der Waals surface area contributed by atoms with Crippen molar-refractivity contribution in [2.75, 3.05) is 6.61 Å². The van der Waals surface area contributed by atoms with Crippen molar-refractivity contribution >= 4 is 5.97 Å². The molecule has 6 rings (SSSR count). The van der Waals surface area contributed by atoms with Crippen LogP contribution < -0.4 is 4.57 Å². The Labute approximate surface area is 226 Å². The summed E-state index contributed by atoms with van der Waals surface area (Å²) in [6.45, 7) is 3.28. The van der Waals surface area contributed by atoms with E-state index in [1.807, 2.05) is 6.92 Å². The number of esters is 1. The van der Waals surface area contributed by atoms with Crippen LogP contribution in [0.1, 0.15) is 54.9 Å². The molecule has 0 amide bonds. The molecule has 3 nitrogen and oxygen atoms in total. The van der Waals surface area contributed by atoms with E-state index in [0.717, 1.165) is 51.5 Å². The molecule has 3 aromatic carbocycles. The van der Waals surface area contributed by atoms with Crippen molar-refractivity contribution < 1.29 is 14.1 Å². The van der Waals surface area contributed by atoms with Crippen LogP contribution in [0.2, 0.25) is 0 Å². The molecule has 0 saturated heterocycles. The van der Waals surface area contributed by atoms with Crippen molar-refractivity contribution in [2.45, 2.75) is 64.8 Å². The van der Waals surface area contributed by atoms with Gasteiger partial charge in [-0.3, -0.25) is 4.79 Å². The topological polar surface area (TPSA) is 30.2 Å². The minimum Gasteiger partial charge on any atom is -0.466 e. The highest BCUT2D eigenvalue weighted by Gasteiger charge is 2.37. The van der Waals surface area contributed by atoms with Gasteiger partial charge >= 0.3 is 5.97 Å². The zero-order valence-corrected chi connectivity index (χ0v) is 22.3. The Hall–Kier alpha value is -3.72. The van der Waals surface area contributed by atoms with Crippen LogP contribution in [-0.4, -0.2) is 12.6 Å². The van der Waals surface area contributed by atoms with Crippen molar-refractivity contribution in [2.24, 2.45) is 0 Å². The summed E-state index contributed by atoms with van der Waals surface area (Å²) in [6, 6.07) is 29.0. The smallest absolute Gasteiger partial charge is 0.305 e. The highest BCUT2D eigenvalue weighted by Crippen LogP contribution is 2.44. The first-order chi connectivity index (χ1) is 18.8. The molecule has 0 radical (unpaired) electrons. The molecule has 192 valence electrons. The van der Waals surface area contributed by atoms with Gasteiger partial charge in [0.1, 0.15) is 6.54 Å². The summed E-state index contributed by atoms with van der Waals surface area (Å²) >= 11 is 0. The van der Waals surface area contributed by atoms with Crippen LogP contribution in [-0.2, 0) is 41.8 Å². The van der Waals surface area contributed by atoms with Crippen molar-refractivity contribution in [3.8, 4) is 33.6 Å². The zero-order chi connectivity index (χ0) is 25.9. The second-order valence-corrected chi connectivity index (χ2v) is 10.5. The molecule has 0 atom stereocenters. The molecular formula is C35H36NO2+. The summed E-state index contributed by atoms with van der Waals surface area (Å²) in [5.74, 6) is -0.0787. The van der Waals surface area contributed by atoms with Gasteiger partial charge in [0.15, 0.2) is 0 Å². The van der Waals surface area contributed by atoms with Gasteiger partial charge in [0.05, 0.1) is 6.61 Å². The van der Waals surface area contributed by atoms with Crippen molar-refractivity contribution in [1.29, 1.82) is 0 Å². The number of aromatic nitrogens is 1. The number of fused-ring (bicyclic) bond motifs is 6. The first kappa shape index (κ1) is 24.6. The van der Waals surface area contributed by atoms with Gasteiger partial charge in [0.25, 0.3) is 0 Å². The van der Waals surface area contributed by atoms with Crippen LogP contribution in [0.4, 0.5) is 0 Å². The van der Waals surface area contributed by atoms with E-state index in [-0.39, 0.29) is 5.97 Å². The number of rotatable bonds is 8. The molecule has 0 spiro atoms. The highest BCUT2D eigenvalue weighted by atomic mass is 16.5. The molecule has 2 aliphatic rings. The molecule has 3 heteroatoms. The van der Waals surface area contributed by atoms with Crippen LogP contribution in [0.3, 0.4) is 0 Å². The second-order valence-electron chi connectivity index (χ2n) is 10.5. The van der Waals surface area contributed by atoms with E-state index in [1.54, 1.807) is 0 Å². The zero-order valence-electron chi connectivity index (χ0n) is 22.3. The van der Waals surface area contributed by atoms with E-state index in [0.29, 0.717) is 13.0 Å². The number of nitrogens with zero attached hydrogens (tertiary/aromatic N) is 1. The number of ether oxygens (including phenoxy) is 1. The van der Waals surface area contributed by atoms with Crippen molar-refractivity contribution in [1.82, 2.24) is 0 Å². The quantitative estimate of drug-likeness (QED) is 0.144. The first-order valence-corrected chi connectivity index (χ1v) is 14.3. The number of pyridine rings is 1. The van der Waals surface area contributed by atoms with Gasteiger partial charge in [-0.2, -0.15) is 4.57 Å². The maximum atomic E-state index is 11.9. The lowest BCUT2D eigenvalue weighted by Crippen LogP contribution is -2.43. The molecule has 0 saturated carbocycles. The van der Waals surface area contributed by atoms with Crippen molar-refractivity contribution in [3.63, 3.8) is 0 Å². The van der Waals surface area contributed by atoms with E-state index < -0.39 is 0 Å². The third kappa shape index (κ3) is 4.55. The number of benzene rings is 3. The Morgan fingerprint density at radius 3 is 1.89 bits per heavy atom. The summed E-state index contributed by atoms with van der Waals surface area (Å²) in [5, 5.41) is 0. The van der Waals surface area contributed by atoms with E-state index in [1.165, 1.54) is 55.9 Å². The normalized spacial score (nSPS) is 13.2. The molecule has 0 unspecified atom stereocenters. The first-order valence-electron chi connectivity index (χ1n) is 14.3. The van der Waals surface area contributed by atoms with Gasteiger partial charge in [-0.25, -0.2) is 0 Å². The Morgan fingerprint density at radius 2 is 1.29 bits per heavy atom. The number of aryl methyl sites for hydroxylation is 2. The maximum absolute atomic E-state index is 11.9. The van der Waals surface area contributed by atoms with Gasteiger partial charge in [0, 0.05) is 40.7 Å². The number of hydrogen-bond acceptors (Lipinski definition) is 2. The van der Waals surface area contributed by atoms with Crippen LogP contribution in [0.15, 0.2) is 78.9 Å². The predicted molar refractivity (Wildman–Crippen MR) is 153 cm³/mol. The number of hydrogen-bond donors (Lipinski definition) is 0. The Bertz CT molecular complexity index is 1390. The minimum absolute atomic E-state index is 0.0787. The third-order valence-corrected chi connectivity index (χ3v) is 8.18. The Balaban J connectivity index is 1.52. The highest BCUT2D eigenvalue weighted by molar-refractivity contribution is 5.85. The summed E-state index contributed by atoms with van der Waals surface area (Å²) in [5.41, 5.74) is 14.2. The van der Waals surface area contributed by atoms with Gasteiger partial charge in [-0.05, 0) is 74.3 Å². The van der Waals surface area contributed by atoms with Crippen LogP contribution in [0.5, 0.6) is 0 Å². The molecule has 0 bridgehead atoms. The molecule has 38 heavy (non-hydrogen) atoms.